The number of benzene rings is 2. The van der Waals surface area contributed by atoms with Gasteiger partial charge >= 0.3 is 0 Å². The first kappa shape index (κ1) is 24.3. The molecule has 2 aromatic carbocycles. The lowest BCUT2D eigenvalue weighted by atomic mass is 9.91. The molecule has 0 saturated carbocycles. The molecular weight excluding hydrogens is 460 g/mol. The number of ether oxygens (including phenoxy) is 2. The maximum Gasteiger partial charge on any atom is 0.251 e. The molecule has 190 valence electrons. The van der Waals surface area contributed by atoms with E-state index in [1.807, 2.05) is 38.1 Å². The normalized spacial score (nSPS) is 28.6. The highest BCUT2D eigenvalue weighted by molar-refractivity contribution is 6.00. The summed E-state index contributed by atoms with van der Waals surface area (Å²) in [4.78, 5) is 32.6. The first-order valence-electron chi connectivity index (χ1n) is 12.1. The number of aliphatic hydroxyl groups is 1. The van der Waals surface area contributed by atoms with E-state index in [4.69, 9.17) is 15.2 Å². The molecule has 0 radical (unpaired) electrons. The van der Waals surface area contributed by atoms with E-state index in [0.29, 0.717) is 23.3 Å². The van der Waals surface area contributed by atoms with Gasteiger partial charge in [-0.25, -0.2) is 4.99 Å². The van der Waals surface area contributed by atoms with Crippen molar-refractivity contribution in [1.82, 2.24) is 10.2 Å². The number of guanidine groups is 1. The molecule has 2 heterocycles. The molecule has 5 rings (SSSR count). The molecule has 2 aliphatic heterocycles. The molecule has 3 aliphatic rings. The Morgan fingerprint density at radius 2 is 1.94 bits per heavy atom. The first-order valence-corrected chi connectivity index (χ1v) is 12.1. The van der Waals surface area contributed by atoms with Crippen LogP contribution in [0, 0.1) is 0 Å². The van der Waals surface area contributed by atoms with Gasteiger partial charge in [-0.1, -0.05) is 24.3 Å². The van der Waals surface area contributed by atoms with Crippen LogP contribution in [-0.4, -0.2) is 58.7 Å². The Labute approximate surface area is 210 Å². The second kappa shape index (κ2) is 8.60. The Balaban J connectivity index is 1.49. The van der Waals surface area contributed by atoms with Crippen LogP contribution in [0.2, 0.25) is 0 Å². The summed E-state index contributed by atoms with van der Waals surface area (Å²) in [6, 6.07) is 11.6. The van der Waals surface area contributed by atoms with Gasteiger partial charge in [-0.05, 0) is 50.1 Å². The van der Waals surface area contributed by atoms with Crippen LogP contribution in [0.4, 0.5) is 0 Å². The van der Waals surface area contributed by atoms with Gasteiger partial charge in [-0.15, -0.1) is 0 Å². The van der Waals surface area contributed by atoms with Gasteiger partial charge in [0.1, 0.15) is 18.5 Å². The minimum Gasteiger partial charge on any atom is -0.490 e. The Hall–Kier alpha value is -3.43. The standard InChI is InChI=1S/C27H32N4O5/c1-26(2)13-21(32)31(25(28)30-26)22-18-11-15(9-10-19(18)36-14-20(22)35-4)24(33)29-23-17-8-6-5-7-16(17)12-27(23,3)34/h5-11,20,22-23,34H,12-14H2,1-4H3,(H2,28,30)(H,29,33)/t20?,22?,23-,27+/m1/s1. The van der Waals surface area contributed by atoms with E-state index in [0.717, 1.165) is 11.1 Å². The smallest absolute Gasteiger partial charge is 0.251 e. The van der Waals surface area contributed by atoms with Crippen molar-refractivity contribution >= 4 is 17.8 Å². The molecule has 0 fully saturated rings. The van der Waals surface area contributed by atoms with Gasteiger partial charge in [-0.2, -0.15) is 0 Å². The fourth-order valence-electron chi connectivity index (χ4n) is 5.55. The van der Waals surface area contributed by atoms with Crippen molar-refractivity contribution in [2.45, 2.75) is 62.9 Å². The summed E-state index contributed by atoms with van der Waals surface area (Å²) in [7, 11) is 1.55. The van der Waals surface area contributed by atoms with E-state index in [2.05, 4.69) is 10.3 Å². The number of carbonyl (C=O) groups excluding carboxylic acids is 2. The lowest BCUT2D eigenvalue weighted by Gasteiger charge is -2.42. The zero-order chi connectivity index (χ0) is 25.8. The number of hydrogen-bond acceptors (Lipinski definition) is 7. The van der Waals surface area contributed by atoms with Crippen LogP contribution >= 0.6 is 0 Å². The minimum atomic E-state index is -1.11. The lowest BCUT2D eigenvalue weighted by Crippen LogP contribution is -2.55. The van der Waals surface area contributed by atoms with Crippen LogP contribution in [-0.2, 0) is 16.0 Å². The van der Waals surface area contributed by atoms with E-state index < -0.39 is 29.3 Å². The Morgan fingerprint density at radius 3 is 2.67 bits per heavy atom. The molecule has 2 amide bonds. The third kappa shape index (κ3) is 4.12. The van der Waals surface area contributed by atoms with Crippen molar-refractivity contribution in [3.8, 4) is 5.75 Å². The quantitative estimate of drug-likeness (QED) is 0.601. The second-order valence-corrected chi connectivity index (χ2v) is 10.6. The average molecular weight is 493 g/mol. The molecule has 2 unspecified atom stereocenters. The lowest BCUT2D eigenvalue weighted by molar-refractivity contribution is -0.134. The van der Waals surface area contributed by atoms with Crippen molar-refractivity contribution in [3.63, 3.8) is 0 Å². The number of methoxy groups -OCH3 is 1. The molecular formula is C27H32N4O5. The monoisotopic (exact) mass is 492 g/mol. The van der Waals surface area contributed by atoms with Gasteiger partial charge < -0.3 is 25.6 Å². The van der Waals surface area contributed by atoms with Crippen LogP contribution in [0.15, 0.2) is 47.5 Å². The number of rotatable bonds is 4. The van der Waals surface area contributed by atoms with Gasteiger partial charge in [0.15, 0.2) is 5.96 Å². The summed E-state index contributed by atoms with van der Waals surface area (Å²) >= 11 is 0. The van der Waals surface area contributed by atoms with Gasteiger partial charge in [0.25, 0.3) is 5.91 Å². The molecule has 9 nitrogen and oxygen atoms in total. The molecule has 0 bridgehead atoms. The highest BCUT2D eigenvalue weighted by Gasteiger charge is 2.45. The molecule has 36 heavy (non-hydrogen) atoms. The Bertz CT molecular complexity index is 1250. The topological polar surface area (TPSA) is 126 Å². The number of aliphatic imine (C=N–C) groups is 1. The highest BCUT2D eigenvalue weighted by atomic mass is 16.5. The van der Waals surface area contributed by atoms with Crippen LogP contribution in [0.3, 0.4) is 0 Å². The summed E-state index contributed by atoms with van der Waals surface area (Å²) in [6.07, 6.45) is 0.153. The number of carbonyl (C=O) groups is 2. The van der Waals surface area contributed by atoms with E-state index >= 15 is 0 Å². The fraction of sp³-hybridized carbons (Fsp3) is 0.444. The molecule has 1 aliphatic carbocycles. The summed E-state index contributed by atoms with van der Waals surface area (Å²) < 4.78 is 11.6. The molecule has 9 heteroatoms. The number of fused-ring (bicyclic) bond motifs is 2. The van der Waals surface area contributed by atoms with E-state index in [1.54, 1.807) is 32.2 Å². The number of nitrogens with zero attached hydrogens (tertiary/aromatic N) is 2. The van der Waals surface area contributed by atoms with Crippen molar-refractivity contribution in [3.05, 3.63) is 64.7 Å². The van der Waals surface area contributed by atoms with Gasteiger partial charge in [0, 0.05) is 24.7 Å². The first-order chi connectivity index (χ1) is 17.0. The maximum absolute atomic E-state index is 13.4. The van der Waals surface area contributed by atoms with Gasteiger partial charge in [-0.3, -0.25) is 14.5 Å². The predicted octanol–water partition coefficient (Wildman–Crippen LogP) is 2.24. The predicted molar refractivity (Wildman–Crippen MR) is 134 cm³/mol. The van der Waals surface area contributed by atoms with Gasteiger partial charge in [0.05, 0.1) is 29.6 Å². The zero-order valence-corrected chi connectivity index (χ0v) is 20.9. The van der Waals surface area contributed by atoms with Gasteiger partial charge in [0.2, 0.25) is 5.91 Å². The summed E-state index contributed by atoms with van der Waals surface area (Å²) in [5, 5.41) is 14.0. The summed E-state index contributed by atoms with van der Waals surface area (Å²) in [6.45, 7) is 5.67. The number of amides is 2. The molecule has 2 aromatic rings. The average Bonchev–Trinajstić information content (AvgIpc) is 3.06. The van der Waals surface area contributed by atoms with E-state index in [9.17, 15) is 14.7 Å². The van der Waals surface area contributed by atoms with Crippen LogP contribution in [0.1, 0.15) is 66.3 Å². The third-order valence-corrected chi connectivity index (χ3v) is 7.26. The Morgan fingerprint density at radius 1 is 1.19 bits per heavy atom. The maximum atomic E-state index is 13.4. The summed E-state index contributed by atoms with van der Waals surface area (Å²) in [5.74, 6) is 0.157. The van der Waals surface area contributed by atoms with Crippen LogP contribution in [0.25, 0.3) is 0 Å². The third-order valence-electron chi connectivity index (χ3n) is 7.26. The molecule has 0 spiro atoms. The fourth-order valence-corrected chi connectivity index (χ4v) is 5.55. The molecule has 4 N–H and O–H groups in total. The minimum absolute atomic E-state index is 0.115. The van der Waals surface area contributed by atoms with Crippen molar-refractivity contribution < 1.29 is 24.2 Å². The van der Waals surface area contributed by atoms with E-state index in [-0.39, 0.29) is 30.8 Å². The zero-order valence-electron chi connectivity index (χ0n) is 20.9. The summed E-state index contributed by atoms with van der Waals surface area (Å²) in [5.41, 5.74) is 7.48. The Kier molecular flexibility index (Phi) is 5.80. The highest BCUT2D eigenvalue weighted by Crippen LogP contribution is 2.41. The van der Waals surface area contributed by atoms with Crippen LogP contribution < -0.4 is 15.8 Å². The number of hydrogen-bond donors (Lipinski definition) is 3. The number of nitrogens with two attached hydrogens (primary N) is 1. The number of nitrogens with one attached hydrogen (secondary N) is 1. The van der Waals surface area contributed by atoms with Crippen LogP contribution in [0.5, 0.6) is 5.75 Å². The second-order valence-electron chi connectivity index (χ2n) is 10.6. The largest absolute Gasteiger partial charge is 0.490 e. The van der Waals surface area contributed by atoms with Crippen molar-refractivity contribution in [2.24, 2.45) is 10.7 Å². The SMILES string of the molecule is COC1COc2ccc(C(=O)N[C@@H]3c4ccccc4C[C@]3(C)O)cc2C1N1C(=O)CC(C)(C)N=C1N. The van der Waals surface area contributed by atoms with Crippen molar-refractivity contribution in [2.75, 3.05) is 13.7 Å². The molecule has 4 atom stereocenters. The van der Waals surface area contributed by atoms with E-state index in [1.165, 1.54) is 4.90 Å². The van der Waals surface area contributed by atoms with Crippen molar-refractivity contribution in [1.29, 1.82) is 0 Å². The molecule has 0 aromatic heterocycles. The molecule has 0 saturated heterocycles.